The first-order valence-corrected chi connectivity index (χ1v) is 10.3. The molecule has 0 aliphatic heterocycles. The first-order chi connectivity index (χ1) is 16.1. The Labute approximate surface area is 194 Å². The minimum Gasteiger partial charge on any atom is -0.371 e. The lowest BCUT2D eigenvalue weighted by Gasteiger charge is -2.19. The third kappa shape index (κ3) is 5.64. The molecule has 0 fully saturated rings. The molecule has 0 saturated heterocycles. The van der Waals surface area contributed by atoms with Crippen molar-refractivity contribution in [3.63, 3.8) is 0 Å². The van der Waals surface area contributed by atoms with Gasteiger partial charge in [-0.15, -0.1) is 0 Å². The van der Waals surface area contributed by atoms with Gasteiger partial charge in [-0.3, -0.25) is 9.78 Å². The third-order valence-corrected chi connectivity index (χ3v) is 5.02. The maximum absolute atomic E-state index is 12.9. The number of alkyl halides is 3. The second-order valence-corrected chi connectivity index (χ2v) is 7.45. The van der Waals surface area contributed by atoms with Crippen molar-refractivity contribution in [3.8, 4) is 0 Å². The fourth-order valence-electron chi connectivity index (χ4n) is 3.17. The number of nitrogens with one attached hydrogen (secondary N) is 3. The van der Waals surface area contributed by atoms with E-state index in [1.165, 1.54) is 25.3 Å². The summed E-state index contributed by atoms with van der Waals surface area (Å²) < 4.78 is 38.7. The highest BCUT2D eigenvalue weighted by atomic mass is 19.4. The summed E-state index contributed by atoms with van der Waals surface area (Å²) in [7, 11) is 1.63. The van der Waals surface area contributed by atoms with Crippen LogP contribution < -0.4 is 10.6 Å². The lowest BCUT2D eigenvalue weighted by atomic mass is 10.1. The normalized spacial score (nSPS) is 13.8. The van der Waals surface area contributed by atoms with Crippen LogP contribution in [0.15, 0.2) is 71.1 Å². The molecule has 1 aromatic heterocycles. The molecule has 3 N–H and O–H groups in total. The standard InChI is InChI=1S/C24H23F3N6O/c1-14(28)18(13-34)22(31-15(2)16-8-10-17(11-9-16)24(25,26)27)33-23(29-3)21-12-30-19-6-4-5-7-20(19)32-21/h4-13,15,28,31H,1-3H3,(H,29,33)/b22-18+,28-14?. The Balaban J connectivity index is 2.00. The minimum atomic E-state index is -4.44. The molecular weight excluding hydrogens is 445 g/mol. The molecule has 1 unspecified atom stereocenters. The molecule has 0 bridgehead atoms. The summed E-state index contributed by atoms with van der Waals surface area (Å²) in [5.74, 6) is 0.371. The topological polar surface area (TPSA) is 103 Å². The number of carbonyl (C=O) groups is 1. The molecular formula is C24H23F3N6O. The molecule has 7 nitrogen and oxygen atoms in total. The molecule has 1 heterocycles. The van der Waals surface area contributed by atoms with Gasteiger partial charge in [0.25, 0.3) is 0 Å². The third-order valence-electron chi connectivity index (χ3n) is 5.02. The number of aldehydes is 1. The molecule has 3 aromatic rings. The Morgan fingerprint density at radius 2 is 1.76 bits per heavy atom. The summed E-state index contributed by atoms with van der Waals surface area (Å²) in [5.41, 5.74) is 1.53. The molecule has 1 atom stereocenters. The quantitative estimate of drug-likeness (QED) is 0.206. The van der Waals surface area contributed by atoms with Crippen LogP contribution in [-0.2, 0) is 11.0 Å². The van der Waals surface area contributed by atoms with Crippen molar-refractivity contribution in [3.05, 3.63) is 82.9 Å². The van der Waals surface area contributed by atoms with Crippen LogP contribution in [0.5, 0.6) is 0 Å². The average Bonchev–Trinajstić information content (AvgIpc) is 2.81. The summed E-state index contributed by atoms with van der Waals surface area (Å²) in [5, 5.41) is 13.9. The predicted molar refractivity (Wildman–Crippen MR) is 125 cm³/mol. The molecule has 2 aromatic carbocycles. The minimum absolute atomic E-state index is 0.000241. The van der Waals surface area contributed by atoms with Gasteiger partial charge in [0.1, 0.15) is 11.5 Å². The van der Waals surface area contributed by atoms with Crippen LogP contribution in [0.4, 0.5) is 13.2 Å². The molecule has 0 spiro atoms. The van der Waals surface area contributed by atoms with Gasteiger partial charge in [-0.2, -0.15) is 13.2 Å². The van der Waals surface area contributed by atoms with E-state index in [0.29, 0.717) is 34.4 Å². The van der Waals surface area contributed by atoms with Crippen LogP contribution >= 0.6 is 0 Å². The maximum Gasteiger partial charge on any atom is 0.416 e. The summed E-state index contributed by atoms with van der Waals surface area (Å²) in [6.07, 6.45) is -2.39. The number of amidine groups is 1. The first kappa shape index (κ1) is 24.6. The summed E-state index contributed by atoms with van der Waals surface area (Å²) in [6, 6.07) is 11.5. The van der Waals surface area contributed by atoms with Crippen LogP contribution in [0.2, 0.25) is 0 Å². The first-order valence-electron chi connectivity index (χ1n) is 10.3. The Bertz CT molecular complexity index is 1270. The zero-order valence-electron chi connectivity index (χ0n) is 18.7. The van der Waals surface area contributed by atoms with Gasteiger partial charge in [0.05, 0.1) is 28.4 Å². The van der Waals surface area contributed by atoms with Gasteiger partial charge in [-0.1, -0.05) is 24.3 Å². The highest BCUT2D eigenvalue weighted by Crippen LogP contribution is 2.30. The molecule has 176 valence electrons. The van der Waals surface area contributed by atoms with Crippen LogP contribution in [0.1, 0.15) is 36.7 Å². The fourth-order valence-corrected chi connectivity index (χ4v) is 3.17. The number of para-hydroxylation sites is 2. The van der Waals surface area contributed by atoms with Crippen LogP contribution in [0.25, 0.3) is 11.0 Å². The van der Waals surface area contributed by atoms with Crippen molar-refractivity contribution >= 4 is 28.9 Å². The number of hydrogen-bond acceptors (Lipinski definition) is 6. The highest BCUT2D eigenvalue weighted by Gasteiger charge is 2.30. The van der Waals surface area contributed by atoms with E-state index in [-0.39, 0.29) is 17.1 Å². The van der Waals surface area contributed by atoms with E-state index in [9.17, 15) is 18.0 Å². The van der Waals surface area contributed by atoms with Crippen molar-refractivity contribution in [2.75, 3.05) is 7.05 Å². The van der Waals surface area contributed by atoms with Crippen molar-refractivity contribution in [2.45, 2.75) is 26.1 Å². The van der Waals surface area contributed by atoms with E-state index in [1.54, 1.807) is 20.0 Å². The number of aliphatic imine (C=N–C) groups is 1. The Morgan fingerprint density at radius 1 is 1.12 bits per heavy atom. The number of hydrogen-bond donors (Lipinski definition) is 3. The lowest BCUT2D eigenvalue weighted by Crippen LogP contribution is -2.26. The van der Waals surface area contributed by atoms with Crippen molar-refractivity contribution < 1.29 is 18.0 Å². The van der Waals surface area contributed by atoms with E-state index in [1.807, 2.05) is 18.2 Å². The van der Waals surface area contributed by atoms with Crippen molar-refractivity contribution in [2.24, 2.45) is 4.99 Å². The van der Waals surface area contributed by atoms with E-state index in [4.69, 9.17) is 5.41 Å². The maximum atomic E-state index is 12.9. The number of fused-ring (bicyclic) bond motifs is 1. The van der Waals surface area contributed by atoms with Gasteiger partial charge >= 0.3 is 6.18 Å². The zero-order chi connectivity index (χ0) is 24.9. The Morgan fingerprint density at radius 3 is 2.32 bits per heavy atom. The summed E-state index contributed by atoms with van der Waals surface area (Å²) >= 11 is 0. The van der Waals surface area contributed by atoms with E-state index in [0.717, 1.165) is 12.1 Å². The number of carbonyl (C=O) groups excluding carboxylic acids is 1. The van der Waals surface area contributed by atoms with E-state index < -0.39 is 17.8 Å². The van der Waals surface area contributed by atoms with Crippen LogP contribution in [0.3, 0.4) is 0 Å². The van der Waals surface area contributed by atoms with E-state index >= 15 is 0 Å². The molecule has 0 aliphatic rings. The molecule has 0 aliphatic carbocycles. The van der Waals surface area contributed by atoms with Gasteiger partial charge in [0.15, 0.2) is 12.1 Å². The zero-order valence-corrected chi connectivity index (χ0v) is 18.7. The molecule has 0 amide bonds. The molecule has 3 rings (SSSR count). The molecule has 10 heteroatoms. The summed E-state index contributed by atoms with van der Waals surface area (Å²) in [6.45, 7) is 3.16. The SMILES string of the molecule is CN/C(=N\C(NC(C)c1ccc(C(F)(F)F)cc1)=C(/C=O)C(C)=N)c1cnc2ccccc2n1. The van der Waals surface area contributed by atoms with Gasteiger partial charge < -0.3 is 16.0 Å². The number of nitrogens with zero attached hydrogens (tertiary/aromatic N) is 3. The second kappa shape index (κ2) is 10.2. The van der Waals surface area contributed by atoms with Crippen molar-refractivity contribution in [1.82, 2.24) is 20.6 Å². The summed E-state index contributed by atoms with van der Waals surface area (Å²) in [4.78, 5) is 25.2. The largest absolute Gasteiger partial charge is 0.416 e. The lowest BCUT2D eigenvalue weighted by molar-refractivity contribution is -0.137. The fraction of sp³-hybridized carbons (Fsp3) is 0.208. The van der Waals surface area contributed by atoms with Gasteiger partial charge in [-0.05, 0) is 43.7 Å². The van der Waals surface area contributed by atoms with Crippen LogP contribution in [0, 0.1) is 5.41 Å². The predicted octanol–water partition coefficient (Wildman–Crippen LogP) is 4.42. The molecule has 0 radical (unpaired) electrons. The number of allylic oxidation sites excluding steroid dienone is 1. The number of rotatable bonds is 7. The van der Waals surface area contributed by atoms with E-state index in [2.05, 4.69) is 25.6 Å². The number of benzene rings is 2. The second-order valence-electron chi connectivity index (χ2n) is 7.45. The molecule has 0 saturated carbocycles. The van der Waals surface area contributed by atoms with Gasteiger partial charge in [-0.25, -0.2) is 9.98 Å². The van der Waals surface area contributed by atoms with Crippen molar-refractivity contribution in [1.29, 1.82) is 5.41 Å². The van der Waals surface area contributed by atoms with Crippen LogP contribution in [-0.4, -0.2) is 34.8 Å². The molecule has 34 heavy (non-hydrogen) atoms. The monoisotopic (exact) mass is 468 g/mol. The highest BCUT2D eigenvalue weighted by molar-refractivity contribution is 6.13. The number of halogens is 3. The smallest absolute Gasteiger partial charge is 0.371 e. The van der Waals surface area contributed by atoms with Gasteiger partial charge in [0, 0.05) is 18.8 Å². The number of aromatic nitrogens is 2. The Kier molecular flexibility index (Phi) is 7.40. The Hall–Kier alpha value is -4.08. The average molecular weight is 468 g/mol. The van der Waals surface area contributed by atoms with Gasteiger partial charge in [0.2, 0.25) is 0 Å².